The molecular weight excluding hydrogens is 438 g/mol. The molecule has 0 fully saturated rings. The molecule has 2 N–H and O–H groups in total. The molecule has 0 saturated heterocycles. The quantitative estimate of drug-likeness (QED) is 0.316. The fourth-order valence-corrected chi connectivity index (χ4v) is 4.13. The minimum atomic E-state index is -0.165. The normalized spacial score (nSPS) is 12.0. The second-order valence-electron chi connectivity index (χ2n) is 6.41. The molecule has 1 unspecified atom stereocenters. The SMILES string of the molecule is Cc1cc(N)cc(OCCC(c2ccccc2)c2c(Cl)c(Cl)nc(Cl)c2Cl)c1. The van der Waals surface area contributed by atoms with Crippen molar-refractivity contribution in [3.05, 3.63) is 85.6 Å². The molecule has 1 aromatic heterocycles. The summed E-state index contributed by atoms with van der Waals surface area (Å²) in [7, 11) is 0. The van der Waals surface area contributed by atoms with E-state index in [9.17, 15) is 0 Å². The number of nitrogens with two attached hydrogens (primary N) is 1. The number of benzene rings is 2. The summed E-state index contributed by atoms with van der Waals surface area (Å²) >= 11 is 25.2. The van der Waals surface area contributed by atoms with Gasteiger partial charge in [0.2, 0.25) is 0 Å². The van der Waals surface area contributed by atoms with E-state index >= 15 is 0 Å². The Morgan fingerprint density at radius 1 is 0.964 bits per heavy atom. The third-order valence-electron chi connectivity index (χ3n) is 4.33. The van der Waals surface area contributed by atoms with Gasteiger partial charge >= 0.3 is 0 Å². The van der Waals surface area contributed by atoms with E-state index in [1.807, 2.05) is 49.4 Å². The van der Waals surface area contributed by atoms with Crippen molar-refractivity contribution < 1.29 is 4.74 Å². The average Bonchev–Trinajstić information content (AvgIpc) is 2.65. The predicted molar refractivity (Wildman–Crippen MR) is 118 cm³/mol. The number of aryl methyl sites for hydroxylation is 1. The second-order valence-corrected chi connectivity index (χ2v) is 7.89. The van der Waals surface area contributed by atoms with Crippen LogP contribution in [0.4, 0.5) is 5.69 Å². The Balaban J connectivity index is 1.91. The van der Waals surface area contributed by atoms with E-state index in [4.69, 9.17) is 56.9 Å². The number of hydrogen-bond acceptors (Lipinski definition) is 3. The standard InChI is InChI=1S/C21H18Cl4N2O/c1-12-9-14(26)11-15(10-12)28-8-7-16(13-5-3-2-4-6-13)17-18(22)20(24)27-21(25)19(17)23/h2-6,9-11,16H,7-8,26H2,1H3. The van der Waals surface area contributed by atoms with Gasteiger partial charge in [0.05, 0.1) is 16.7 Å². The summed E-state index contributed by atoms with van der Waals surface area (Å²) < 4.78 is 5.93. The van der Waals surface area contributed by atoms with Crippen molar-refractivity contribution in [1.82, 2.24) is 4.98 Å². The zero-order valence-electron chi connectivity index (χ0n) is 15.1. The number of pyridine rings is 1. The summed E-state index contributed by atoms with van der Waals surface area (Å²) in [4.78, 5) is 3.98. The Morgan fingerprint density at radius 3 is 2.21 bits per heavy atom. The lowest BCUT2D eigenvalue weighted by atomic mass is 9.89. The van der Waals surface area contributed by atoms with Gasteiger partial charge in [-0.1, -0.05) is 76.7 Å². The molecule has 0 spiro atoms. The van der Waals surface area contributed by atoms with Gasteiger partial charge < -0.3 is 10.5 Å². The number of ether oxygens (including phenoxy) is 1. The molecule has 0 saturated carbocycles. The third kappa shape index (κ3) is 4.84. The molecule has 1 heterocycles. The third-order valence-corrected chi connectivity index (χ3v) is 5.84. The van der Waals surface area contributed by atoms with Crippen LogP contribution in [-0.2, 0) is 0 Å². The van der Waals surface area contributed by atoms with Gasteiger partial charge in [-0.15, -0.1) is 0 Å². The summed E-state index contributed by atoms with van der Waals surface area (Å²) in [5.41, 5.74) is 9.26. The van der Waals surface area contributed by atoms with Crippen LogP contribution in [0.1, 0.15) is 29.0 Å². The Kier molecular flexibility index (Phi) is 6.95. The van der Waals surface area contributed by atoms with Gasteiger partial charge in [0.15, 0.2) is 0 Å². The van der Waals surface area contributed by atoms with Crippen molar-refractivity contribution in [2.45, 2.75) is 19.3 Å². The molecule has 0 aliphatic heterocycles. The first-order chi connectivity index (χ1) is 13.4. The highest BCUT2D eigenvalue weighted by molar-refractivity contribution is 6.46. The van der Waals surface area contributed by atoms with Gasteiger partial charge in [-0.3, -0.25) is 0 Å². The van der Waals surface area contributed by atoms with Gasteiger partial charge in [-0.25, -0.2) is 4.98 Å². The average molecular weight is 456 g/mol. The van der Waals surface area contributed by atoms with Crippen molar-refractivity contribution in [2.24, 2.45) is 0 Å². The van der Waals surface area contributed by atoms with E-state index in [1.165, 1.54) is 0 Å². The minimum Gasteiger partial charge on any atom is -0.493 e. The molecule has 7 heteroatoms. The summed E-state index contributed by atoms with van der Waals surface area (Å²) in [6, 6.07) is 15.5. The van der Waals surface area contributed by atoms with Crippen molar-refractivity contribution >= 4 is 52.1 Å². The number of halogens is 4. The number of nitrogens with zero attached hydrogens (tertiary/aromatic N) is 1. The molecule has 0 amide bonds. The molecule has 3 nitrogen and oxygen atoms in total. The largest absolute Gasteiger partial charge is 0.493 e. The predicted octanol–water partition coefficient (Wildman–Crippen LogP) is 7.19. The number of aromatic nitrogens is 1. The van der Waals surface area contributed by atoms with Crippen molar-refractivity contribution in [3.63, 3.8) is 0 Å². The highest BCUT2D eigenvalue weighted by Crippen LogP contribution is 2.43. The van der Waals surface area contributed by atoms with E-state index in [1.54, 1.807) is 6.07 Å². The number of hydrogen-bond donors (Lipinski definition) is 1. The summed E-state index contributed by atoms with van der Waals surface area (Å²) in [6.07, 6.45) is 0.605. The zero-order valence-corrected chi connectivity index (χ0v) is 18.1. The van der Waals surface area contributed by atoms with Crippen molar-refractivity contribution in [1.29, 1.82) is 0 Å². The summed E-state index contributed by atoms with van der Waals surface area (Å²) in [6.45, 7) is 2.39. The first-order valence-corrected chi connectivity index (χ1v) is 10.1. The van der Waals surface area contributed by atoms with E-state index < -0.39 is 0 Å². The highest BCUT2D eigenvalue weighted by Gasteiger charge is 2.25. The first kappa shape index (κ1) is 21.1. The smallest absolute Gasteiger partial charge is 0.149 e. The van der Waals surface area contributed by atoms with Crippen molar-refractivity contribution in [3.8, 4) is 5.75 Å². The lowest BCUT2D eigenvalue weighted by Gasteiger charge is -2.22. The van der Waals surface area contributed by atoms with Gasteiger partial charge in [0, 0.05) is 23.2 Å². The van der Waals surface area contributed by atoms with Crippen LogP contribution in [0.15, 0.2) is 48.5 Å². The van der Waals surface area contributed by atoms with Crippen LogP contribution in [0.2, 0.25) is 20.4 Å². The van der Waals surface area contributed by atoms with Crippen LogP contribution in [0, 0.1) is 6.92 Å². The van der Waals surface area contributed by atoms with Gasteiger partial charge in [0.1, 0.15) is 16.1 Å². The monoisotopic (exact) mass is 454 g/mol. The maximum atomic E-state index is 6.46. The zero-order chi connectivity index (χ0) is 20.3. The molecule has 0 bridgehead atoms. The maximum absolute atomic E-state index is 6.46. The fourth-order valence-electron chi connectivity index (χ4n) is 3.13. The van der Waals surface area contributed by atoms with Crippen LogP contribution in [0.5, 0.6) is 5.75 Å². The minimum absolute atomic E-state index is 0.124. The van der Waals surface area contributed by atoms with E-state index in [0.29, 0.717) is 40.1 Å². The van der Waals surface area contributed by atoms with Crippen LogP contribution in [-0.4, -0.2) is 11.6 Å². The lowest BCUT2D eigenvalue weighted by Crippen LogP contribution is -2.10. The molecular formula is C21H18Cl4N2O. The molecule has 0 radical (unpaired) electrons. The van der Waals surface area contributed by atoms with Crippen molar-refractivity contribution in [2.75, 3.05) is 12.3 Å². The molecule has 28 heavy (non-hydrogen) atoms. The van der Waals surface area contributed by atoms with Gasteiger partial charge in [0.25, 0.3) is 0 Å². The first-order valence-electron chi connectivity index (χ1n) is 8.61. The van der Waals surface area contributed by atoms with Crippen LogP contribution in [0.25, 0.3) is 0 Å². The topological polar surface area (TPSA) is 48.1 Å². The van der Waals surface area contributed by atoms with Gasteiger partial charge in [-0.2, -0.15) is 0 Å². The van der Waals surface area contributed by atoms with E-state index in [-0.39, 0.29) is 16.2 Å². The van der Waals surface area contributed by atoms with Crippen LogP contribution >= 0.6 is 46.4 Å². The van der Waals surface area contributed by atoms with Crippen LogP contribution in [0.3, 0.4) is 0 Å². The fraction of sp³-hybridized carbons (Fsp3) is 0.190. The maximum Gasteiger partial charge on any atom is 0.149 e. The summed E-state index contributed by atoms with van der Waals surface area (Å²) in [5, 5.41) is 0.841. The Bertz CT molecular complexity index is 933. The highest BCUT2D eigenvalue weighted by atomic mass is 35.5. The Labute approximate surface area is 184 Å². The molecule has 0 aliphatic rings. The molecule has 0 aliphatic carbocycles. The number of nitrogen functional groups attached to an aromatic ring is 1. The lowest BCUT2D eigenvalue weighted by molar-refractivity contribution is 0.304. The molecule has 146 valence electrons. The van der Waals surface area contributed by atoms with E-state index in [0.717, 1.165) is 11.1 Å². The number of anilines is 1. The Morgan fingerprint density at radius 2 is 1.61 bits per heavy atom. The summed E-state index contributed by atoms with van der Waals surface area (Å²) in [5.74, 6) is 0.550. The molecule has 3 aromatic rings. The second kappa shape index (κ2) is 9.23. The Hall–Kier alpha value is -1.65. The molecule has 2 aromatic carbocycles. The van der Waals surface area contributed by atoms with E-state index in [2.05, 4.69) is 4.98 Å². The molecule has 3 rings (SSSR count). The van der Waals surface area contributed by atoms with Gasteiger partial charge in [-0.05, 0) is 36.6 Å². The van der Waals surface area contributed by atoms with Crippen LogP contribution < -0.4 is 10.5 Å². The number of rotatable bonds is 6. The molecule has 1 atom stereocenters.